The quantitative estimate of drug-likeness (QED) is 0.843. The second-order valence-corrected chi connectivity index (χ2v) is 4.57. The van der Waals surface area contributed by atoms with Crippen LogP contribution in [-0.2, 0) is 13.6 Å². The van der Waals surface area contributed by atoms with Crippen molar-refractivity contribution >= 4 is 5.91 Å². The fourth-order valence-corrected chi connectivity index (χ4v) is 2.01. The van der Waals surface area contributed by atoms with Gasteiger partial charge in [0.1, 0.15) is 0 Å². The normalized spacial score (nSPS) is 10.5. The van der Waals surface area contributed by atoms with Crippen molar-refractivity contribution in [2.24, 2.45) is 7.05 Å². The van der Waals surface area contributed by atoms with E-state index in [1.54, 1.807) is 10.9 Å². The third kappa shape index (κ3) is 2.84. The van der Waals surface area contributed by atoms with Crippen molar-refractivity contribution in [3.63, 3.8) is 0 Å². The molecule has 1 aromatic heterocycles. The summed E-state index contributed by atoms with van der Waals surface area (Å²) in [5, 5.41) is 4.13. The van der Waals surface area contributed by atoms with E-state index in [-0.39, 0.29) is 5.91 Å². The lowest BCUT2D eigenvalue weighted by Gasteiger charge is -2.20. The molecule has 0 aliphatic heterocycles. The summed E-state index contributed by atoms with van der Waals surface area (Å²) in [6, 6.07) is 10.0. The summed E-state index contributed by atoms with van der Waals surface area (Å²) in [4.78, 5) is 14.3. The van der Waals surface area contributed by atoms with Crippen LogP contribution in [0, 0.1) is 6.92 Å². The molecule has 0 spiro atoms. The van der Waals surface area contributed by atoms with E-state index in [0.717, 1.165) is 11.3 Å². The Kier molecular flexibility index (Phi) is 4.00. The van der Waals surface area contributed by atoms with Crippen molar-refractivity contribution in [1.82, 2.24) is 14.7 Å². The summed E-state index contributed by atoms with van der Waals surface area (Å²) in [5.74, 6) is 0.0388. The van der Waals surface area contributed by atoms with Crippen molar-refractivity contribution in [1.29, 1.82) is 0 Å². The number of aromatic nitrogens is 2. The van der Waals surface area contributed by atoms with Crippen molar-refractivity contribution in [3.05, 3.63) is 53.3 Å². The molecule has 19 heavy (non-hydrogen) atoms. The van der Waals surface area contributed by atoms with E-state index >= 15 is 0 Å². The van der Waals surface area contributed by atoms with Gasteiger partial charge in [0.2, 0.25) is 0 Å². The summed E-state index contributed by atoms with van der Waals surface area (Å²) in [6.45, 7) is 5.22. The highest BCUT2D eigenvalue weighted by Crippen LogP contribution is 2.12. The SMILES string of the molecule is CCN(Cc1ccccc1)C(=O)c1cnn(C)c1C. The van der Waals surface area contributed by atoms with Crippen LogP contribution >= 0.6 is 0 Å². The molecule has 0 aliphatic carbocycles. The number of hydrogen-bond donors (Lipinski definition) is 0. The Morgan fingerprint density at radius 3 is 2.53 bits per heavy atom. The molecule has 1 aromatic carbocycles. The molecule has 0 saturated heterocycles. The van der Waals surface area contributed by atoms with Crippen LogP contribution in [-0.4, -0.2) is 27.1 Å². The van der Waals surface area contributed by atoms with Gasteiger partial charge in [0.15, 0.2) is 0 Å². The molecule has 100 valence electrons. The zero-order valence-electron chi connectivity index (χ0n) is 11.6. The molecule has 1 heterocycles. The number of hydrogen-bond acceptors (Lipinski definition) is 2. The highest BCUT2D eigenvalue weighted by Gasteiger charge is 2.18. The molecule has 1 amide bonds. The Morgan fingerprint density at radius 2 is 2.00 bits per heavy atom. The first-order chi connectivity index (χ1) is 9.13. The summed E-state index contributed by atoms with van der Waals surface area (Å²) in [6.07, 6.45) is 1.64. The minimum Gasteiger partial charge on any atom is -0.334 e. The van der Waals surface area contributed by atoms with Crippen LogP contribution in [0.3, 0.4) is 0 Å². The fourth-order valence-electron chi connectivity index (χ4n) is 2.01. The first-order valence-corrected chi connectivity index (χ1v) is 6.45. The number of rotatable bonds is 4. The Bertz CT molecular complexity index is 560. The number of amides is 1. The summed E-state index contributed by atoms with van der Waals surface area (Å²) >= 11 is 0. The second-order valence-electron chi connectivity index (χ2n) is 4.57. The molecule has 4 heteroatoms. The monoisotopic (exact) mass is 257 g/mol. The van der Waals surface area contributed by atoms with Crippen LogP contribution in [0.25, 0.3) is 0 Å². The van der Waals surface area contributed by atoms with Gasteiger partial charge < -0.3 is 4.90 Å². The lowest BCUT2D eigenvalue weighted by molar-refractivity contribution is 0.0751. The Labute approximate surface area is 113 Å². The number of nitrogens with zero attached hydrogens (tertiary/aromatic N) is 3. The second kappa shape index (κ2) is 5.69. The summed E-state index contributed by atoms with van der Waals surface area (Å²) in [7, 11) is 1.85. The van der Waals surface area contributed by atoms with Crippen LogP contribution in [0.2, 0.25) is 0 Å². The van der Waals surface area contributed by atoms with Crippen LogP contribution < -0.4 is 0 Å². The molecular weight excluding hydrogens is 238 g/mol. The molecule has 0 radical (unpaired) electrons. The van der Waals surface area contributed by atoms with E-state index in [1.807, 2.05) is 56.1 Å². The topological polar surface area (TPSA) is 38.1 Å². The zero-order valence-corrected chi connectivity index (χ0v) is 11.6. The fraction of sp³-hybridized carbons (Fsp3) is 0.333. The Balaban J connectivity index is 2.18. The van der Waals surface area contributed by atoms with Gasteiger partial charge in [0, 0.05) is 25.8 Å². The van der Waals surface area contributed by atoms with Crippen molar-refractivity contribution in [2.45, 2.75) is 20.4 Å². The molecule has 0 bridgehead atoms. The minimum absolute atomic E-state index is 0.0388. The molecule has 0 unspecified atom stereocenters. The predicted octanol–water partition coefficient (Wildman–Crippen LogP) is 2.39. The number of carbonyl (C=O) groups is 1. The average Bonchev–Trinajstić information content (AvgIpc) is 2.77. The maximum Gasteiger partial charge on any atom is 0.257 e. The van der Waals surface area contributed by atoms with Gasteiger partial charge in [-0.15, -0.1) is 0 Å². The predicted molar refractivity (Wildman–Crippen MR) is 74.8 cm³/mol. The third-order valence-electron chi connectivity index (χ3n) is 3.35. The van der Waals surface area contributed by atoms with Gasteiger partial charge in [-0.05, 0) is 19.4 Å². The van der Waals surface area contributed by atoms with E-state index in [0.29, 0.717) is 18.7 Å². The lowest BCUT2D eigenvalue weighted by atomic mass is 10.2. The van der Waals surface area contributed by atoms with Gasteiger partial charge in [-0.3, -0.25) is 9.48 Å². The van der Waals surface area contributed by atoms with Crippen molar-refractivity contribution < 1.29 is 4.79 Å². The van der Waals surface area contributed by atoms with Crippen LogP contribution in [0.1, 0.15) is 28.5 Å². The maximum atomic E-state index is 12.5. The molecule has 0 N–H and O–H groups in total. The van der Waals surface area contributed by atoms with Crippen molar-refractivity contribution in [2.75, 3.05) is 6.54 Å². The highest BCUT2D eigenvalue weighted by molar-refractivity contribution is 5.95. The highest BCUT2D eigenvalue weighted by atomic mass is 16.2. The van der Waals surface area contributed by atoms with E-state index in [2.05, 4.69) is 5.10 Å². The number of carbonyl (C=O) groups excluding carboxylic acids is 1. The molecule has 0 fully saturated rings. The van der Waals surface area contributed by atoms with Gasteiger partial charge >= 0.3 is 0 Å². The number of benzene rings is 1. The molecule has 0 aliphatic rings. The molecule has 0 atom stereocenters. The Hall–Kier alpha value is -2.10. The Morgan fingerprint density at radius 1 is 1.32 bits per heavy atom. The van der Waals surface area contributed by atoms with Gasteiger partial charge in [0.05, 0.1) is 11.8 Å². The molecule has 2 rings (SSSR count). The summed E-state index contributed by atoms with van der Waals surface area (Å²) in [5.41, 5.74) is 2.72. The van der Waals surface area contributed by atoms with Crippen LogP contribution in [0.15, 0.2) is 36.5 Å². The average molecular weight is 257 g/mol. The van der Waals surface area contributed by atoms with E-state index < -0.39 is 0 Å². The third-order valence-corrected chi connectivity index (χ3v) is 3.35. The first-order valence-electron chi connectivity index (χ1n) is 6.45. The number of aryl methyl sites for hydroxylation is 1. The largest absolute Gasteiger partial charge is 0.334 e. The summed E-state index contributed by atoms with van der Waals surface area (Å²) < 4.78 is 1.73. The van der Waals surface area contributed by atoms with Gasteiger partial charge in [-0.25, -0.2) is 0 Å². The standard InChI is InChI=1S/C15H19N3O/c1-4-18(11-13-8-6-5-7-9-13)15(19)14-10-16-17(3)12(14)2/h5-10H,4,11H2,1-3H3. The van der Waals surface area contributed by atoms with Gasteiger partial charge in [-0.1, -0.05) is 30.3 Å². The van der Waals surface area contributed by atoms with E-state index in [4.69, 9.17) is 0 Å². The molecule has 2 aromatic rings. The van der Waals surface area contributed by atoms with E-state index in [9.17, 15) is 4.79 Å². The maximum absolute atomic E-state index is 12.5. The minimum atomic E-state index is 0.0388. The molecule has 0 saturated carbocycles. The van der Waals surface area contributed by atoms with Crippen molar-refractivity contribution in [3.8, 4) is 0 Å². The zero-order chi connectivity index (χ0) is 13.8. The van der Waals surface area contributed by atoms with Gasteiger partial charge in [-0.2, -0.15) is 5.10 Å². The molecular formula is C15H19N3O. The lowest BCUT2D eigenvalue weighted by Crippen LogP contribution is -2.30. The van der Waals surface area contributed by atoms with E-state index in [1.165, 1.54) is 0 Å². The van der Waals surface area contributed by atoms with Gasteiger partial charge in [0.25, 0.3) is 5.91 Å². The van der Waals surface area contributed by atoms with Crippen LogP contribution in [0.4, 0.5) is 0 Å². The molecule has 4 nitrogen and oxygen atoms in total. The smallest absolute Gasteiger partial charge is 0.257 e. The van der Waals surface area contributed by atoms with Crippen LogP contribution in [0.5, 0.6) is 0 Å². The first kappa shape index (κ1) is 13.3.